The summed E-state index contributed by atoms with van der Waals surface area (Å²) in [4.78, 5) is 7.41. The molecular weight excluding hydrogens is 274 g/mol. The van der Waals surface area contributed by atoms with Gasteiger partial charge in [-0.2, -0.15) is 0 Å². The van der Waals surface area contributed by atoms with Crippen LogP contribution in [-0.4, -0.2) is 75.9 Å². The van der Waals surface area contributed by atoms with Crippen LogP contribution in [0.2, 0.25) is 0 Å². The molecule has 22 heavy (non-hydrogen) atoms. The van der Waals surface area contributed by atoms with Gasteiger partial charge in [0.1, 0.15) is 0 Å². The number of piperazine rings is 1. The van der Waals surface area contributed by atoms with E-state index in [0.717, 1.165) is 39.4 Å². The Bertz CT molecular complexity index is 434. The fourth-order valence-corrected chi connectivity index (χ4v) is 3.27. The molecule has 0 unspecified atom stereocenters. The van der Waals surface area contributed by atoms with Gasteiger partial charge in [0.15, 0.2) is 0 Å². The molecule has 0 aromatic heterocycles. The maximum absolute atomic E-state index is 5.39. The van der Waals surface area contributed by atoms with Crippen LogP contribution in [0.1, 0.15) is 12.0 Å². The summed E-state index contributed by atoms with van der Waals surface area (Å²) < 4.78 is 5.39. The van der Waals surface area contributed by atoms with Crippen LogP contribution in [0.15, 0.2) is 24.3 Å². The summed E-state index contributed by atoms with van der Waals surface area (Å²) in [7, 11) is 2.20. The molecule has 0 spiro atoms. The topological polar surface area (TPSA) is 19.0 Å². The first-order valence-electron chi connectivity index (χ1n) is 8.64. The molecule has 0 N–H and O–H groups in total. The number of likely N-dealkylation sites (N-methyl/N-ethyl adjacent to an activating group) is 1. The zero-order chi connectivity index (χ0) is 15.2. The van der Waals surface area contributed by atoms with E-state index in [1.807, 2.05) is 0 Å². The molecule has 0 saturated carbocycles. The van der Waals surface area contributed by atoms with Crippen LogP contribution < -0.4 is 4.90 Å². The van der Waals surface area contributed by atoms with E-state index < -0.39 is 0 Å². The maximum Gasteiger partial charge on any atom is 0.0594 e. The number of ether oxygens (including phenoxy) is 1. The summed E-state index contributed by atoms with van der Waals surface area (Å²) in [5, 5.41) is 0. The smallest absolute Gasteiger partial charge is 0.0594 e. The third kappa shape index (κ3) is 4.45. The van der Waals surface area contributed by atoms with Crippen LogP contribution in [0.4, 0.5) is 5.69 Å². The maximum atomic E-state index is 5.39. The van der Waals surface area contributed by atoms with E-state index >= 15 is 0 Å². The van der Waals surface area contributed by atoms with Gasteiger partial charge < -0.3 is 14.5 Å². The summed E-state index contributed by atoms with van der Waals surface area (Å²) in [6, 6.07) is 9.23. The van der Waals surface area contributed by atoms with Crippen LogP contribution in [0.3, 0.4) is 0 Å². The molecule has 4 nitrogen and oxygen atoms in total. The minimum atomic E-state index is 0.903. The molecule has 3 rings (SSSR count). The fraction of sp³-hybridized carbons (Fsp3) is 0.667. The molecule has 0 bridgehead atoms. The molecule has 2 aliphatic heterocycles. The Morgan fingerprint density at radius 3 is 2.27 bits per heavy atom. The van der Waals surface area contributed by atoms with Crippen molar-refractivity contribution in [2.45, 2.75) is 12.8 Å². The van der Waals surface area contributed by atoms with E-state index in [-0.39, 0.29) is 0 Å². The van der Waals surface area contributed by atoms with Gasteiger partial charge in [-0.15, -0.1) is 0 Å². The fourth-order valence-electron chi connectivity index (χ4n) is 3.27. The Hall–Kier alpha value is -1.10. The van der Waals surface area contributed by atoms with Gasteiger partial charge in [0, 0.05) is 45.0 Å². The summed E-state index contributed by atoms with van der Waals surface area (Å²) >= 11 is 0. The molecule has 122 valence electrons. The number of nitrogens with zero attached hydrogens (tertiary/aromatic N) is 3. The zero-order valence-electron chi connectivity index (χ0n) is 13.8. The van der Waals surface area contributed by atoms with Crippen molar-refractivity contribution in [3.05, 3.63) is 29.8 Å². The van der Waals surface area contributed by atoms with Gasteiger partial charge in [0.2, 0.25) is 0 Å². The lowest BCUT2D eigenvalue weighted by Gasteiger charge is -2.34. The van der Waals surface area contributed by atoms with Crippen molar-refractivity contribution >= 4 is 5.69 Å². The van der Waals surface area contributed by atoms with Gasteiger partial charge in [-0.3, -0.25) is 4.90 Å². The second-order valence-electron chi connectivity index (χ2n) is 6.51. The lowest BCUT2D eigenvalue weighted by molar-refractivity contribution is 0.0375. The predicted octanol–water partition coefficient (Wildman–Crippen LogP) is 1.70. The summed E-state index contributed by atoms with van der Waals surface area (Å²) in [6.45, 7) is 9.83. The number of benzene rings is 1. The Kier molecular flexibility index (Phi) is 5.70. The number of hydrogen-bond acceptors (Lipinski definition) is 4. The molecule has 2 aliphatic rings. The second kappa shape index (κ2) is 7.95. The van der Waals surface area contributed by atoms with Gasteiger partial charge in [-0.1, -0.05) is 12.1 Å². The van der Waals surface area contributed by atoms with Gasteiger partial charge in [0.05, 0.1) is 13.2 Å². The normalized spacial score (nSPS) is 21.2. The molecule has 1 aromatic rings. The van der Waals surface area contributed by atoms with E-state index in [2.05, 4.69) is 46.0 Å². The minimum Gasteiger partial charge on any atom is -0.379 e. The Balaban J connectivity index is 1.43. The summed E-state index contributed by atoms with van der Waals surface area (Å²) in [5.74, 6) is 0. The quantitative estimate of drug-likeness (QED) is 0.824. The number of hydrogen-bond donors (Lipinski definition) is 0. The number of aryl methyl sites for hydroxylation is 1. The zero-order valence-corrected chi connectivity index (χ0v) is 13.8. The van der Waals surface area contributed by atoms with Crippen molar-refractivity contribution < 1.29 is 4.74 Å². The van der Waals surface area contributed by atoms with Crippen LogP contribution in [-0.2, 0) is 11.2 Å². The first-order chi connectivity index (χ1) is 10.8. The first kappa shape index (κ1) is 15.8. The highest BCUT2D eigenvalue weighted by Crippen LogP contribution is 2.17. The number of anilines is 1. The lowest BCUT2D eigenvalue weighted by atomic mass is 10.1. The molecule has 2 saturated heterocycles. The van der Waals surface area contributed by atoms with E-state index in [9.17, 15) is 0 Å². The third-order valence-corrected chi connectivity index (χ3v) is 4.85. The van der Waals surface area contributed by atoms with Gasteiger partial charge in [0.25, 0.3) is 0 Å². The molecule has 0 atom stereocenters. The van der Waals surface area contributed by atoms with Crippen molar-refractivity contribution in [1.29, 1.82) is 0 Å². The molecule has 4 heteroatoms. The number of morpholine rings is 1. The van der Waals surface area contributed by atoms with E-state index in [1.54, 1.807) is 0 Å². The summed E-state index contributed by atoms with van der Waals surface area (Å²) in [6.07, 6.45) is 2.42. The van der Waals surface area contributed by atoms with Crippen molar-refractivity contribution in [2.24, 2.45) is 0 Å². The van der Waals surface area contributed by atoms with Crippen LogP contribution in [0.25, 0.3) is 0 Å². The highest BCUT2D eigenvalue weighted by Gasteiger charge is 2.14. The molecule has 2 fully saturated rings. The molecule has 1 aromatic carbocycles. The van der Waals surface area contributed by atoms with Crippen molar-refractivity contribution in [3.63, 3.8) is 0 Å². The van der Waals surface area contributed by atoms with Crippen molar-refractivity contribution in [1.82, 2.24) is 9.80 Å². The molecule has 2 heterocycles. The van der Waals surface area contributed by atoms with Crippen molar-refractivity contribution in [3.8, 4) is 0 Å². The van der Waals surface area contributed by atoms with Crippen LogP contribution in [0.5, 0.6) is 0 Å². The SMILES string of the molecule is CN1CCN(c2ccc(CCCN3CCOCC3)cc2)CC1. The Labute approximate surface area is 134 Å². The Morgan fingerprint density at radius 1 is 0.909 bits per heavy atom. The Morgan fingerprint density at radius 2 is 1.59 bits per heavy atom. The standard InChI is InChI=1S/C18H29N3O/c1-19-9-11-21(12-10-19)18-6-4-17(5-7-18)3-2-8-20-13-15-22-16-14-20/h4-7H,2-3,8-16H2,1H3. The van der Waals surface area contributed by atoms with Gasteiger partial charge >= 0.3 is 0 Å². The number of rotatable bonds is 5. The second-order valence-corrected chi connectivity index (χ2v) is 6.51. The average Bonchev–Trinajstić information content (AvgIpc) is 2.57. The molecular formula is C18H29N3O. The van der Waals surface area contributed by atoms with Gasteiger partial charge in [-0.25, -0.2) is 0 Å². The minimum absolute atomic E-state index is 0.903. The van der Waals surface area contributed by atoms with E-state index in [0.29, 0.717) is 0 Å². The first-order valence-corrected chi connectivity index (χ1v) is 8.64. The van der Waals surface area contributed by atoms with Crippen molar-refractivity contribution in [2.75, 3.05) is 71.0 Å². The van der Waals surface area contributed by atoms with E-state index in [4.69, 9.17) is 4.74 Å². The summed E-state index contributed by atoms with van der Waals surface area (Å²) in [5.41, 5.74) is 2.84. The molecule has 0 radical (unpaired) electrons. The predicted molar refractivity (Wildman–Crippen MR) is 91.7 cm³/mol. The van der Waals surface area contributed by atoms with Crippen LogP contribution in [0, 0.1) is 0 Å². The average molecular weight is 303 g/mol. The monoisotopic (exact) mass is 303 g/mol. The largest absolute Gasteiger partial charge is 0.379 e. The van der Waals surface area contributed by atoms with Crippen LogP contribution >= 0.6 is 0 Å². The lowest BCUT2D eigenvalue weighted by Crippen LogP contribution is -2.44. The highest BCUT2D eigenvalue weighted by molar-refractivity contribution is 5.48. The van der Waals surface area contributed by atoms with E-state index in [1.165, 1.54) is 43.7 Å². The van der Waals surface area contributed by atoms with Gasteiger partial charge in [-0.05, 0) is 44.1 Å². The third-order valence-electron chi connectivity index (χ3n) is 4.85. The molecule has 0 amide bonds. The molecule has 0 aliphatic carbocycles. The highest BCUT2D eigenvalue weighted by atomic mass is 16.5.